The lowest BCUT2D eigenvalue weighted by Gasteiger charge is -2.11. The van der Waals surface area contributed by atoms with E-state index >= 15 is 0 Å². The van der Waals surface area contributed by atoms with Crippen molar-refractivity contribution in [2.75, 3.05) is 0 Å². The van der Waals surface area contributed by atoms with Gasteiger partial charge < -0.3 is 4.52 Å². The molecule has 0 atom stereocenters. The van der Waals surface area contributed by atoms with Crippen LogP contribution in [0.5, 0.6) is 0 Å². The molecule has 0 unspecified atom stereocenters. The van der Waals surface area contributed by atoms with Crippen LogP contribution in [0.15, 0.2) is 64.5 Å². The molecular formula is C24H17Cl3N4OS. The predicted molar refractivity (Wildman–Crippen MR) is 134 cm³/mol. The second kappa shape index (κ2) is 9.31. The topological polar surface area (TPSA) is 56.7 Å². The molecule has 2 aromatic carbocycles. The normalized spacial score (nSPS) is 11.3. The van der Waals surface area contributed by atoms with Gasteiger partial charge in [-0.15, -0.1) is 11.3 Å². The molecule has 0 aliphatic rings. The number of benzene rings is 2. The molecule has 0 aliphatic carbocycles. The van der Waals surface area contributed by atoms with E-state index in [9.17, 15) is 0 Å². The van der Waals surface area contributed by atoms with Gasteiger partial charge in [0.25, 0.3) is 0 Å². The van der Waals surface area contributed by atoms with Crippen molar-refractivity contribution in [3.63, 3.8) is 0 Å². The zero-order chi connectivity index (χ0) is 22.9. The molecule has 0 bridgehead atoms. The zero-order valence-corrected chi connectivity index (χ0v) is 20.5. The maximum absolute atomic E-state index is 6.54. The van der Waals surface area contributed by atoms with Crippen molar-refractivity contribution in [2.24, 2.45) is 0 Å². The number of nitrogens with zero attached hydrogens (tertiary/aromatic N) is 4. The van der Waals surface area contributed by atoms with E-state index in [2.05, 4.69) is 21.6 Å². The fraction of sp³-hybridized carbons (Fsp3) is 0.125. The van der Waals surface area contributed by atoms with Gasteiger partial charge in [0.15, 0.2) is 0 Å². The van der Waals surface area contributed by atoms with Gasteiger partial charge in [-0.1, -0.05) is 58.2 Å². The second-order valence-corrected chi connectivity index (χ2v) is 9.74. The van der Waals surface area contributed by atoms with E-state index in [1.807, 2.05) is 43.3 Å². The van der Waals surface area contributed by atoms with Crippen molar-refractivity contribution in [3.8, 4) is 28.5 Å². The highest BCUT2D eigenvalue weighted by Gasteiger charge is 2.23. The zero-order valence-electron chi connectivity index (χ0n) is 17.4. The number of aromatic nitrogens is 4. The second-order valence-electron chi connectivity index (χ2n) is 7.43. The lowest BCUT2D eigenvalue weighted by Crippen LogP contribution is -2.00. The summed E-state index contributed by atoms with van der Waals surface area (Å²) in [6.07, 6.45) is 1.52. The first kappa shape index (κ1) is 22.2. The number of hydrogen-bond donors (Lipinski definition) is 0. The number of aryl methyl sites for hydroxylation is 2. The largest absolute Gasteiger partial charge is 0.339 e. The fourth-order valence-electron chi connectivity index (χ4n) is 3.62. The number of hydrogen-bond acceptors (Lipinski definition) is 5. The van der Waals surface area contributed by atoms with E-state index in [0.717, 1.165) is 23.2 Å². The summed E-state index contributed by atoms with van der Waals surface area (Å²) < 4.78 is 7.31. The van der Waals surface area contributed by atoms with Crippen molar-refractivity contribution in [1.82, 2.24) is 19.9 Å². The minimum Gasteiger partial charge on any atom is -0.339 e. The smallest absolute Gasteiger partial charge is 0.227 e. The van der Waals surface area contributed by atoms with E-state index in [-0.39, 0.29) is 0 Å². The van der Waals surface area contributed by atoms with Gasteiger partial charge in [-0.05, 0) is 55.1 Å². The Balaban J connectivity index is 1.58. The molecule has 3 heterocycles. The molecule has 0 radical (unpaired) electrons. The van der Waals surface area contributed by atoms with E-state index in [1.54, 1.807) is 28.2 Å². The first-order valence-electron chi connectivity index (χ1n) is 10.2. The van der Waals surface area contributed by atoms with Crippen LogP contribution < -0.4 is 0 Å². The Labute approximate surface area is 209 Å². The third-order valence-electron chi connectivity index (χ3n) is 5.22. The van der Waals surface area contributed by atoms with E-state index < -0.39 is 0 Å². The van der Waals surface area contributed by atoms with Gasteiger partial charge >= 0.3 is 0 Å². The lowest BCUT2D eigenvalue weighted by atomic mass is 10.1. The van der Waals surface area contributed by atoms with Crippen LogP contribution >= 0.6 is 46.1 Å². The molecule has 0 N–H and O–H groups in total. The first-order valence-corrected chi connectivity index (χ1v) is 12.2. The van der Waals surface area contributed by atoms with Crippen molar-refractivity contribution >= 4 is 46.1 Å². The minimum absolute atomic E-state index is 0.438. The molecule has 33 heavy (non-hydrogen) atoms. The molecule has 9 heteroatoms. The van der Waals surface area contributed by atoms with Crippen LogP contribution in [-0.4, -0.2) is 19.9 Å². The van der Waals surface area contributed by atoms with Crippen LogP contribution in [0, 0.1) is 6.92 Å². The SMILES string of the molecule is Cc1c(-c2noc(CCc3cccs3)n2)nn(-c2ccc(Cl)cc2Cl)c1-c1ccc(Cl)cc1. The average Bonchev–Trinajstić information content (AvgIpc) is 3.54. The molecule has 0 aliphatic heterocycles. The van der Waals surface area contributed by atoms with E-state index in [1.165, 1.54) is 4.88 Å². The highest BCUT2D eigenvalue weighted by Crippen LogP contribution is 2.35. The van der Waals surface area contributed by atoms with Gasteiger partial charge in [-0.25, -0.2) is 4.68 Å². The molecule has 3 aromatic heterocycles. The Morgan fingerprint density at radius 3 is 2.48 bits per heavy atom. The van der Waals surface area contributed by atoms with Crippen molar-refractivity contribution in [3.05, 3.63) is 91.4 Å². The van der Waals surface area contributed by atoms with Crippen LogP contribution in [0.4, 0.5) is 0 Å². The summed E-state index contributed by atoms with van der Waals surface area (Å²) in [4.78, 5) is 5.88. The van der Waals surface area contributed by atoms with Crippen LogP contribution in [0.1, 0.15) is 16.3 Å². The highest BCUT2D eigenvalue weighted by atomic mass is 35.5. The molecule has 0 saturated heterocycles. The molecule has 0 amide bonds. The quantitative estimate of drug-likeness (QED) is 0.232. The Kier molecular flexibility index (Phi) is 6.25. The van der Waals surface area contributed by atoms with E-state index in [0.29, 0.717) is 44.6 Å². The van der Waals surface area contributed by atoms with Crippen molar-refractivity contribution < 1.29 is 4.52 Å². The Morgan fingerprint density at radius 1 is 0.970 bits per heavy atom. The van der Waals surface area contributed by atoms with Crippen molar-refractivity contribution in [1.29, 1.82) is 0 Å². The number of thiophene rings is 1. The molecule has 0 spiro atoms. The Hall–Kier alpha value is -2.64. The maximum atomic E-state index is 6.54. The molecule has 5 nitrogen and oxygen atoms in total. The van der Waals surface area contributed by atoms with Crippen LogP contribution in [0.2, 0.25) is 15.1 Å². The van der Waals surface area contributed by atoms with Gasteiger partial charge in [-0.3, -0.25) is 0 Å². The van der Waals surface area contributed by atoms with Gasteiger partial charge in [0, 0.05) is 32.5 Å². The van der Waals surface area contributed by atoms with Gasteiger partial charge in [0.1, 0.15) is 5.69 Å². The molecule has 5 rings (SSSR count). The van der Waals surface area contributed by atoms with E-state index in [4.69, 9.17) is 44.4 Å². The summed E-state index contributed by atoms with van der Waals surface area (Å²) in [5.74, 6) is 1.01. The Bertz CT molecular complexity index is 1410. The van der Waals surface area contributed by atoms with Crippen LogP contribution in [0.3, 0.4) is 0 Å². The van der Waals surface area contributed by atoms with Gasteiger partial charge in [0.05, 0.1) is 16.4 Å². The third-order valence-corrected chi connectivity index (χ3v) is 6.95. The summed E-state index contributed by atoms with van der Waals surface area (Å²) in [7, 11) is 0. The molecule has 5 aromatic rings. The summed E-state index contributed by atoms with van der Waals surface area (Å²) in [5.41, 5.74) is 4.01. The molecule has 166 valence electrons. The number of rotatable bonds is 6. The van der Waals surface area contributed by atoms with Crippen LogP contribution in [-0.2, 0) is 12.8 Å². The summed E-state index contributed by atoms with van der Waals surface area (Å²) in [6, 6.07) is 17.0. The van der Waals surface area contributed by atoms with Gasteiger partial charge in [-0.2, -0.15) is 10.1 Å². The monoisotopic (exact) mass is 514 g/mol. The first-order chi connectivity index (χ1) is 16.0. The summed E-state index contributed by atoms with van der Waals surface area (Å²) >= 11 is 20.5. The summed E-state index contributed by atoms with van der Waals surface area (Å²) in [5, 5.41) is 12.8. The maximum Gasteiger partial charge on any atom is 0.227 e. The Morgan fingerprint density at radius 2 is 1.76 bits per heavy atom. The molecule has 0 saturated carbocycles. The summed E-state index contributed by atoms with van der Waals surface area (Å²) in [6.45, 7) is 1.98. The van der Waals surface area contributed by atoms with Crippen molar-refractivity contribution in [2.45, 2.75) is 19.8 Å². The minimum atomic E-state index is 0.438. The number of halogens is 3. The highest BCUT2D eigenvalue weighted by molar-refractivity contribution is 7.09. The van der Waals surface area contributed by atoms with Crippen LogP contribution in [0.25, 0.3) is 28.5 Å². The third kappa shape index (κ3) is 4.57. The average molecular weight is 516 g/mol. The molecular weight excluding hydrogens is 499 g/mol. The predicted octanol–water partition coefficient (Wildman–Crippen LogP) is 7.70. The standard InChI is InChI=1S/C24H17Cl3N4OS/c1-14-22(24-28-21(32-30-24)11-9-18-3-2-12-33-18)29-31(20-10-8-17(26)13-19(20)27)23(14)15-4-6-16(25)7-5-15/h2-8,10,12-13H,9,11H2,1H3. The molecule has 0 fully saturated rings. The lowest BCUT2D eigenvalue weighted by molar-refractivity contribution is 0.379. The fourth-order valence-corrected chi connectivity index (χ4v) is 4.94. The van der Waals surface area contributed by atoms with Gasteiger partial charge in [0.2, 0.25) is 11.7 Å².